The molecule has 0 aliphatic rings. The molecular formula is C14H14N2O4. The number of nitrogens with one attached hydrogen (secondary N) is 2. The van der Waals surface area contributed by atoms with Crippen molar-refractivity contribution in [1.29, 1.82) is 0 Å². The van der Waals surface area contributed by atoms with E-state index in [-0.39, 0.29) is 17.8 Å². The van der Waals surface area contributed by atoms with Gasteiger partial charge in [-0.2, -0.15) is 0 Å². The van der Waals surface area contributed by atoms with Crippen LogP contribution in [-0.2, 0) is 0 Å². The summed E-state index contributed by atoms with van der Waals surface area (Å²) >= 11 is 0. The largest absolute Gasteiger partial charge is 0.477 e. The maximum absolute atomic E-state index is 11.5. The Morgan fingerprint density at radius 3 is 2.60 bits per heavy atom. The number of carboxylic acid groups (broad SMARTS) is 1. The molecule has 0 aliphatic heterocycles. The van der Waals surface area contributed by atoms with Crippen LogP contribution in [0.3, 0.4) is 0 Å². The SMILES string of the molecule is O=C(O)c1c(NCC(O)c2ccccc2)cc[nH]c1=O. The second-order valence-electron chi connectivity index (χ2n) is 4.21. The molecule has 0 aliphatic carbocycles. The van der Waals surface area contributed by atoms with Crippen molar-refractivity contribution in [2.24, 2.45) is 0 Å². The standard InChI is InChI=1S/C14H14N2O4/c17-11(9-4-2-1-3-5-9)8-16-10-6-7-15-13(18)12(10)14(19)20/h1-7,11,17H,8H2,(H,19,20)(H2,15,16,18). The summed E-state index contributed by atoms with van der Waals surface area (Å²) in [6.07, 6.45) is 0.559. The van der Waals surface area contributed by atoms with Gasteiger partial charge in [-0.05, 0) is 11.6 Å². The van der Waals surface area contributed by atoms with Gasteiger partial charge in [-0.1, -0.05) is 30.3 Å². The van der Waals surface area contributed by atoms with E-state index in [1.165, 1.54) is 12.3 Å². The van der Waals surface area contributed by atoms with Crippen molar-refractivity contribution in [2.75, 3.05) is 11.9 Å². The van der Waals surface area contributed by atoms with Crippen molar-refractivity contribution in [3.8, 4) is 0 Å². The smallest absolute Gasteiger partial charge is 0.343 e. The Morgan fingerprint density at radius 2 is 1.95 bits per heavy atom. The lowest BCUT2D eigenvalue weighted by molar-refractivity contribution is 0.0696. The summed E-state index contributed by atoms with van der Waals surface area (Å²) in [5.74, 6) is -1.32. The lowest BCUT2D eigenvalue weighted by atomic mass is 10.1. The zero-order valence-corrected chi connectivity index (χ0v) is 10.5. The van der Waals surface area contributed by atoms with Crippen LogP contribution in [-0.4, -0.2) is 27.7 Å². The molecule has 2 aromatic rings. The molecule has 0 amide bonds. The molecule has 0 radical (unpaired) electrons. The van der Waals surface area contributed by atoms with Crippen molar-refractivity contribution >= 4 is 11.7 Å². The summed E-state index contributed by atoms with van der Waals surface area (Å²) in [6.45, 7) is 0.105. The number of H-pyrrole nitrogens is 1. The van der Waals surface area contributed by atoms with Crippen molar-refractivity contribution in [3.05, 3.63) is 64.1 Å². The van der Waals surface area contributed by atoms with Crippen LogP contribution in [0.1, 0.15) is 22.0 Å². The summed E-state index contributed by atoms with van der Waals surface area (Å²) in [6, 6.07) is 10.4. The second kappa shape index (κ2) is 6.03. The molecule has 1 unspecified atom stereocenters. The molecule has 0 spiro atoms. The lowest BCUT2D eigenvalue weighted by Crippen LogP contribution is -2.21. The number of aliphatic hydroxyl groups excluding tert-OH is 1. The van der Waals surface area contributed by atoms with E-state index < -0.39 is 17.6 Å². The summed E-state index contributed by atoms with van der Waals surface area (Å²) in [4.78, 5) is 24.8. The van der Waals surface area contributed by atoms with Crippen LogP contribution in [0.4, 0.5) is 5.69 Å². The first kappa shape index (κ1) is 13.8. The van der Waals surface area contributed by atoms with Gasteiger partial charge in [0.1, 0.15) is 5.56 Å². The number of aromatic nitrogens is 1. The Kier molecular flexibility index (Phi) is 4.17. The minimum atomic E-state index is -1.32. The Labute approximate surface area is 114 Å². The van der Waals surface area contributed by atoms with Crippen LogP contribution in [0, 0.1) is 0 Å². The number of aromatic carboxylic acids is 1. The average molecular weight is 274 g/mol. The summed E-state index contributed by atoms with van der Waals surface area (Å²) in [5.41, 5.74) is -0.164. The highest BCUT2D eigenvalue weighted by Crippen LogP contribution is 2.15. The van der Waals surface area contributed by atoms with Crippen LogP contribution in [0.15, 0.2) is 47.4 Å². The minimum absolute atomic E-state index is 0.105. The van der Waals surface area contributed by atoms with E-state index in [0.29, 0.717) is 5.56 Å². The number of aliphatic hydroxyl groups is 1. The van der Waals surface area contributed by atoms with Gasteiger partial charge in [0.05, 0.1) is 11.8 Å². The van der Waals surface area contributed by atoms with Gasteiger partial charge >= 0.3 is 5.97 Å². The highest BCUT2D eigenvalue weighted by molar-refractivity contribution is 5.93. The predicted molar refractivity (Wildman–Crippen MR) is 73.9 cm³/mol. The fraction of sp³-hybridized carbons (Fsp3) is 0.143. The molecule has 20 heavy (non-hydrogen) atoms. The van der Waals surface area contributed by atoms with Crippen molar-refractivity contribution in [1.82, 2.24) is 4.98 Å². The quantitative estimate of drug-likeness (QED) is 0.656. The van der Waals surface area contributed by atoms with E-state index in [1.54, 1.807) is 24.3 Å². The number of carbonyl (C=O) groups is 1. The molecule has 0 saturated heterocycles. The van der Waals surface area contributed by atoms with Crippen LogP contribution in [0.25, 0.3) is 0 Å². The molecule has 1 aromatic heterocycles. The summed E-state index contributed by atoms with van der Waals surface area (Å²) in [5, 5.41) is 21.8. The maximum atomic E-state index is 11.5. The monoisotopic (exact) mass is 274 g/mol. The Hall–Kier alpha value is -2.60. The second-order valence-corrected chi connectivity index (χ2v) is 4.21. The third kappa shape index (κ3) is 3.04. The fourth-order valence-electron chi connectivity index (χ4n) is 1.84. The highest BCUT2D eigenvalue weighted by Gasteiger charge is 2.15. The van der Waals surface area contributed by atoms with Gasteiger partial charge in [-0.15, -0.1) is 0 Å². The molecule has 6 nitrogen and oxygen atoms in total. The number of hydrogen-bond donors (Lipinski definition) is 4. The van der Waals surface area contributed by atoms with Gasteiger partial charge in [-0.25, -0.2) is 4.79 Å². The Bertz CT molecular complexity index is 652. The first-order chi connectivity index (χ1) is 9.59. The molecule has 2 rings (SSSR count). The van der Waals surface area contributed by atoms with E-state index >= 15 is 0 Å². The first-order valence-corrected chi connectivity index (χ1v) is 6.01. The third-order valence-corrected chi connectivity index (χ3v) is 2.84. The first-order valence-electron chi connectivity index (χ1n) is 6.01. The normalized spacial score (nSPS) is 11.8. The van der Waals surface area contributed by atoms with Crippen molar-refractivity contribution in [3.63, 3.8) is 0 Å². The number of benzene rings is 1. The number of hydrogen-bond acceptors (Lipinski definition) is 4. The average Bonchev–Trinajstić information content (AvgIpc) is 2.45. The van der Waals surface area contributed by atoms with Crippen LogP contribution < -0.4 is 10.9 Å². The Morgan fingerprint density at radius 1 is 1.25 bits per heavy atom. The molecule has 4 N–H and O–H groups in total. The van der Waals surface area contributed by atoms with Crippen LogP contribution in [0.5, 0.6) is 0 Å². The molecule has 1 atom stereocenters. The zero-order chi connectivity index (χ0) is 14.5. The van der Waals surface area contributed by atoms with Gasteiger partial charge < -0.3 is 20.5 Å². The summed E-state index contributed by atoms with van der Waals surface area (Å²) in [7, 11) is 0. The minimum Gasteiger partial charge on any atom is -0.477 e. The number of pyridine rings is 1. The fourth-order valence-corrected chi connectivity index (χ4v) is 1.84. The third-order valence-electron chi connectivity index (χ3n) is 2.84. The van der Waals surface area contributed by atoms with Gasteiger partial charge in [0.25, 0.3) is 5.56 Å². The van der Waals surface area contributed by atoms with Crippen LogP contribution >= 0.6 is 0 Å². The van der Waals surface area contributed by atoms with Crippen molar-refractivity contribution in [2.45, 2.75) is 6.10 Å². The number of anilines is 1. The van der Waals surface area contributed by atoms with Gasteiger partial charge in [0.2, 0.25) is 0 Å². The maximum Gasteiger partial charge on any atom is 0.343 e. The van der Waals surface area contributed by atoms with E-state index in [4.69, 9.17) is 5.11 Å². The molecule has 0 bridgehead atoms. The zero-order valence-electron chi connectivity index (χ0n) is 10.5. The molecule has 1 aromatic carbocycles. The lowest BCUT2D eigenvalue weighted by Gasteiger charge is -2.14. The number of aromatic amines is 1. The molecule has 6 heteroatoms. The number of rotatable bonds is 5. The predicted octanol–water partition coefficient (Wildman–Crippen LogP) is 1.22. The van der Waals surface area contributed by atoms with Gasteiger partial charge in [-0.3, -0.25) is 4.79 Å². The van der Waals surface area contributed by atoms with E-state index in [9.17, 15) is 14.7 Å². The molecule has 0 fully saturated rings. The molecule has 0 saturated carbocycles. The molecular weight excluding hydrogens is 260 g/mol. The number of carboxylic acids is 1. The van der Waals surface area contributed by atoms with E-state index in [2.05, 4.69) is 10.3 Å². The molecule has 104 valence electrons. The van der Waals surface area contributed by atoms with Gasteiger partial charge in [0, 0.05) is 12.7 Å². The topological polar surface area (TPSA) is 102 Å². The van der Waals surface area contributed by atoms with E-state index in [0.717, 1.165) is 0 Å². The van der Waals surface area contributed by atoms with Crippen molar-refractivity contribution < 1.29 is 15.0 Å². The summed E-state index contributed by atoms with van der Waals surface area (Å²) < 4.78 is 0. The molecule has 1 heterocycles. The Balaban J connectivity index is 2.14. The highest BCUT2D eigenvalue weighted by atomic mass is 16.4. The van der Waals surface area contributed by atoms with E-state index in [1.807, 2.05) is 6.07 Å². The van der Waals surface area contributed by atoms with Gasteiger partial charge in [0.15, 0.2) is 0 Å². The van der Waals surface area contributed by atoms with Crippen LogP contribution in [0.2, 0.25) is 0 Å².